The van der Waals surface area contributed by atoms with Gasteiger partial charge in [0.2, 0.25) is 0 Å². The number of morpholine rings is 1. The summed E-state index contributed by atoms with van der Waals surface area (Å²) in [5, 5.41) is 3.31. The number of fused-ring (bicyclic) bond motifs is 1. The number of carbonyl (C=O) groups is 1. The first-order chi connectivity index (χ1) is 16.3. The quantitative estimate of drug-likeness (QED) is 0.573. The van der Waals surface area contributed by atoms with Crippen LogP contribution in [0.25, 0.3) is 11.3 Å². The van der Waals surface area contributed by atoms with Gasteiger partial charge in [-0.25, -0.2) is 4.39 Å². The maximum absolute atomic E-state index is 13.8. The molecule has 1 saturated heterocycles. The van der Waals surface area contributed by atoms with Crippen LogP contribution in [0.3, 0.4) is 0 Å². The maximum atomic E-state index is 13.8. The Balaban J connectivity index is 1.85. The summed E-state index contributed by atoms with van der Waals surface area (Å²) < 4.78 is 25.2. The van der Waals surface area contributed by atoms with E-state index in [-0.39, 0.29) is 22.4 Å². The lowest BCUT2D eigenvalue weighted by Crippen LogP contribution is -2.38. The Kier molecular flexibility index (Phi) is 7.21. The molecule has 0 radical (unpaired) electrons. The molecule has 4 rings (SSSR count). The van der Waals surface area contributed by atoms with Crippen molar-refractivity contribution in [2.45, 2.75) is 12.5 Å². The molecule has 1 aromatic rings. The predicted molar refractivity (Wildman–Crippen MR) is 130 cm³/mol. The molecule has 0 spiro atoms. The highest BCUT2D eigenvalue weighted by molar-refractivity contribution is 6.30. The van der Waals surface area contributed by atoms with Gasteiger partial charge in [0.15, 0.2) is 5.43 Å². The number of amides is 1. The van der Waals surface area contributed by atoms with Crippen molar-refractivity contribution in [3.05, 3.63) is 74.3 Å². The fourth-order valence-electron chi connectivity index (χ4n) is 4.24. The molecule has 1 fully saturated rings. The fraction of sp³-hybridized carbons (Fsp3) is 0.360. The third-order valence-electron chi connectivity index (χ3n) is 6.07. The molecule has 34 heavy (non-hydrogen) atoms. The molecule has 9 heteroatoms. The lowest BCUT2D eigenvalue weighted by molar-refractivity contribution is 0.0825. The Labute approximate surface area is 202 Å². The minimum atomic E-state index is -0.483. The lowest BCUT2D eigenvalue weighted by Gasteiger charge is -2.32. The van der Waals surface area contributed by atoms with Gasteiger partial charge in [-0.05, 0) is 37.2 Å². The van der Waals surface area contributed by atoms with Crippen LogP contribution in [0, 0.1) is 5.82 Å². The maximum Gasteiger partial charge on any atom is 0.256 e. The van der Waals surface area contributed by atoms with E-state index in [1.807, 2.05) is 7.05 Å². The number of nitrogens with zero attached hydrogens (tertiary/aromatic N) is 2. The number of nitrogens with one attached hydrogen (secondary N) is 1. The minimum Gasteiger partial charge on any atom is -0.463 e. The smallest absolute Gasteiger partial charge is 0.256 e. The first-order valence-electron chi connectivity index (χ1n) is 11.0. The van der Waals surface area contributed by atoms with Gasteiger partial charge >= 0.3 is 0 Å². The van der Waals surface area contributed by atoms with Crippen LogP contribution < -0.4 is 15.6 Å². The summed E-state index contributed by atoms with van der Waals surface area (Å²) >= 11 is 6.04. The van der Waals surface area contributed by atoms with E-state index in [9.17, 15) is 14.0 Å². The molecule has 3 aliphatic rings. The molecule has 2 heterocycles. The van der Waals surface area contributed by atoms with Crippen LogP contribution in [0.4, 0.5) is 10.1 Å². The summed E-state index contributed by atoms with van der Waals surface area (Å²) in [6.45, 7) is 2.40. The van der Waals surface area contributed by atoms with Crippen LogP contribution in [0.2, 0.25) is 5.02 Å². The molecule has 0 aromatic heterocycles. The Morgan fingerprint density at radius 3 is 2.62 bits per heavy atom. The Hall–Kier alpha value is -2.94. The van der Waals surface area contributed by atoms with Crippen molar-refractivity contribution in [1.82, 2.24) is 10.2 Å². The SMILES string of the molecule is CNC(Cc1c(N2CCOCC2)cc(=O)c2cc(C(=O)N(C)C)coc1-2)c1ccc(F)c(Cl)c1. The number of hydrogen-bond acceptors (Lipinski definition) is 6. The van der Waals surface area contributed by atoms with Crippen LogP contribution in [0.5, 0.6) is 0 Å². The molecule has 0 bridgehead atoms. The molecule has 1 aliphatic carbocycles. The van der Waals surface area contributed by atoms with Gasteiger partial charge in [-0.3, -0.25) is 9.59 Å². The van der Waals surface area contributed by atoms with Crippen LogP contribution >= 0.6 is 11.6 Å². The second kappa shape index (κ2) is 10.1. The normalized spacial score (nSPS) is 14.9. The van der Waals surface area contributed by atoms with Crippen molar-refractivity contribution in [1.29, 1.82) is 0 Å². The minimum absolute atomic E-state index is 0.0439. The zero-order valence-corrected chi connectivity index (χ0v) is 20.1. The topological polar surface area (TPSA) is 75.0 Å². The highest BCUT2D eigenvalue weighted by atomic mass is 35.5. The van der Waals surface area contributed by atoms with E-state index in [4.69, 9.17) is 20.8 Å². The van der Waals surface area contributed by atoms with Crippen molar-refractivity contribution < 1.29 is 18.3 Å². The number of carbonyl (C=O) groups excluding carboxylic acids is 1. The first kappa shape index (κ1) is 24.2. The molecule has 0 saturated carbocycles. The fourth-order valence-corrected chi connectivity index (χ4v) is 4.43. The average molecular weight is 488 g/mol. The summed E-state index contributed by atoms with van der Waals surface area (Å²) in [7, 11) is 5.09. The van der Waals surface area contributed by atoms with E-state index >= 15 is 0 Å². The van der Waals surface area contributed by atoms with Gasteiger partial charge < -0.3 is 24.3 Å². The molecule has 1 unspecified atom stereocenters. The highest BCUT2D eigenvalue weighted by Gasteiger charge is 2.27. The summed E-state index contributed by atoms with van der Waals surface area (Å²) in [6.07, 6.45) is 1.84. The van der Waals surface area contributed by atoms with Gasteiger partial charge in [0.1, 0.15) is 17.8 Å². The number of hydrogen-bond donors (Lipinski definition) is 1. The molecule has 2 aliphatic heterocycles. The van der Waals surface area contributed by atoms with Gasteiger partial charge in [-0.15, -0.1) is 0 Å². The number of rotatable bonds is 6. The molecular formula is C25H27ClFN3O4. The second-order valence-electron chi connectivity index (χ2n) is 8.47. The Morgan fingerprint density at radius 1 is 1.24 bits per heavy atom. The third-order valence-corrected chi connectivity index (χ3v) is 6.36. The third kappa shape index (κ3) is 4.80. The molecule has 7 nitrogen and oxygen atoms in total. The van der Waals surface area contributed by atoms with Gasteiger partial charge in [-0.2, -0.15) is 0 Å². The van der Waals surface area contributed by atoms with Crippen molar-refractivity contribution in [3.63, 3.8) is 0 Å². The van der Waals surface area contributed by atoms with Crippen molar-refractivity contribution >= 4 is 23.2 Å². The van der Waals surface area contributed by atoms with E-state index in [0.717, 1.165) is 16.8 Å². The van der Waals surface area contributed by atoms with E-state index in [0.29, 0.717) is 49.6 Å². The van der Waals surface area contributed by atoms with E-state index in [2.05, 4.69) is 10.2 Å². The standard InChI is InChI=1S/C25H27ClFN3O4/c1-28-21(15-4-5-20(27)19(26)11-15)12-17-22(30-6-8-33-9-7-30)13-23(31)18-10-16(14-34-24(17)18)25(32)29(2)3/h4-5,10-11,13-14,21,28H,6-9,12H2,1-3H3. The Bertz CT molecular complexity index is 1220. The van der Waals surface area contributed by atoms with Gasteiger partial charge in [0, 0.05) is 50.5 Å². The number of benzene rings is 2. The summed E-state index contributed by atoms with van der Waals surface area (Å²) in [5.74, 6) is -0.306. The highest BCUT2D eigenvalue weighted by Crippen LogP contribution is 2.36. The molecule has 180 valence electrons. The predicted octanol–water partition coefficient (Wildman–Crippen LogP) is 3.58. The zero-order valence-electron chi connectivity index (χ0n) is 19.4. The monoisotopic (exact) mass is 487 g/mol. The molecule has 1 atom stereocenters. The number of ether oxygens (including phenoxy) is 1. The molecule has 1 amide bonds. The number of anilines is 1. The van der Waals surface area contributed by atoms with Crippen molar-refractivity contribution in [2.75, 3.05) is 52.3 Å². The molecular weight excluding hydrogens is 461 g/mol. The summed E-state index contributed by atoms with van der Waals surface area (Å²) in [4.78, 5) is 29.1. The van der Waals surface area contributed by atoms with Gasteiger partial charge in [-0.1, -0.05) is 17.7 Å². The number of halogens is 2. The molecule has 1 aromatic carbocycles. The second-order valence-corrected chi connectivity index (χ2v) is 8.88. The summed E-state index contributed by atoms with van der Waals surface area (Å²) in [5.41, 5.74) is 2.82. The lowest BCUT2D eigenvalue weighted by atomic mass is 9.92. The first-order valence-corrected chi connectivity index (χ1v) is 11.4. The van der Waals surface area contributed by atoms with E-state index < -0.39 is 5.82 Å². The summed E-state index contributed by atoms with van der Waals surface area (Å²) in [6, 6.07) is 7.59. The average Bonchev–Trinajstić information content (AvgIpc) is 2.85. The largest absolute Gasteiger partial charge is 0.463 e. The number of likely N-dealkylation sites (N-methyl/N-ethyl adjacent to an activating group) is 1. The van der Waals surface area contributed by atoms with Crippen LogP contribution in [0.15, 0.2) is 45.8 Å². The van der Waals surface area contributed by atoms with Gasteiger partial charge in [0.05, 0.1) is 29.4 Å². The van der Waals surface area contributed by atoms with Crippen LogP contribution in [-0.4, -0.2) is 58.3 Å². The van der Waals surface area contributed by atoms with Crippen molar-refractivity contribution in [2.24, 2.45) is 0 Å². The van der Waals surface area contributed by atoms with Crippen LogP contribution in [-0.2, 0) is 11.2 Å². The molecule has 1 N–H and O–H groups in total. The van der Waals surface area contributed by atoms with Crippen molar-refractivity contribution in [3.8, 4) is 11.3 Å². The van der Waals surface area contributed by atoms with Gasteiger partial charge in [0.25, 0.3) is 5.91 Å². The zero-order chi connectivity index (χ0) is 24.4. The Morgan fingerprint density at radius 2 is 1.97 bits per heavy atom. The van der Waals surface area contributed by atoms with E-state index in [1.54, 1.807) is 38.4 Å². The van der Waals surface area contributed by atoms with Crippen LogP contribution in [0.1, 0.15) is 27.5 Å². The van der Waals surface area contributed by atoms with E-state index in [1.165, 1.54) is 17.2 Å².